The fourth-order valence-electron chi connectivity index (χ4n) is 0.945. The Morgan fingerprint density at radius 3 is 2.77 bits per heavy atom. The summed E-state index contributed by atoms with van der Waals surface area (Å²) in [5.74, 6) is -0.700. The van der Waals surface area contributed by atoms with E-state index in [-0.39, 0.29) is 23.9 Å². The van der Waals surface area contributed by atoms with Gasteiger partial charge in [-0.25, -0.2) is 4.79 Å². The predicted molar refractivity (Wildman–Crippen MR) is 52.7 cm³/mol. The van der Waals surface area contributed by atoms with Gasteiger partial charge in [0.25, 0.3) is 0 Å². The van der Waals surface area contributed by atoms with Gasteiger partial charge >= 0.3 is 5.97 Å². The van der Waals surface area contributed by atoms with E-state index in [9.17, 15) is 4.79 Å². The molecule has 72 valence electrons. The summed E-state index contributed by atoms with van der Waals surface area (Å²) in [5, 5.41) is 8.71. The standard InChI is InChI=1S/C8H8ClNO2.ClH/c1-5-6(8(11)12)2-3-10-7(5)4-9;/h2-3H,4H2,1H3,(H,11,12);1H. The predicted octanol–water partition coefficient (Wildman–Crippen LogP) is 2.25. The van der Waals surface area contributed by atoms with Crippen molar-refractivity contribution in [3.05, 3.63) is 29.1 Å². The minimum Gasteiger partial charge on any atom is -0.478 e. The van der Waals surface area contributed by atoms with E-state index in [1.165, 1.54) is 12.3 Å². The van der Waals surface area contributed by atoms with Crippen LogP contribution in [-0.4, -0.2) is 16.1 Å². The minimum absolute atomic E-state index is 0. The third kappa shape index (κ3) is 2.57. The summed E-state index contributed by atoms with van der Waals surface area (Å²) in [6, 6.07) is 1.47. The van der Waals surface area contributed by atoms with Gasteiger partial charge < -0.3 is 5.11 Å². The summed E-state index contributed by atoms with van der Waals surface area (Å²) in [7, 11) is 0. The molecule has 0 radical (unpaired) electrons. The van der Waals surface area contributed by atoms with E-state index in [0.29, 0.717) is 11.3 Å². The summed E-state index contributed by atoms with van der Waals surface area (Å²) in [4.78, 5) is 14.6. The molecule has 13 heavy (non-hydrogen) atoms. The van der Waals surface area contributed by atoms with E-state index in [2.05, 4.69) is 4.98 Å². The third-order valence-electron chi connectivity index (χ3n) is 1.67. The Labute approximate surface area is 87.2 Å². The summed E-state index contributed by atoms with van der Waals surface area (Å²) >= 11 is 5.55. The van der Waals surface area contributed by atoms with Gasteiger partial charge in [0.2, 0.25) is 0 Å². The van der Waals surface area contributed by atoms with Gasteiger partial charge in [-0.1, -0.05) is 0 Å². The molecule has 0 atom stereocenters. The smallest absolute Gasteiger partial charge is 0.336 e. The Balaban J connectivity index is 0.00000144. The monoisotopic (exact) mass is 221 g/mol. The Morgan fingerprint density at radius 2 is 2.31 bits per heavy atom. The Bertz CT molecular complexity index is 315. The van der Waals surface area contributed by atoms with Gasteiger partial charge in [0.15, 0.2) is 0 Å². The molecular formula is C8H9Cl2NO2. The Kier molecular flexibility index (Phi) is 4.73. The SMILES string of the molecule is Cc1c(C(=O)O)ccnc1CCl.Cl. The number of carboxylic acids is 1. The van der Waals surface area contributed by atoms with Crippen molar-refractivity contribution in [3.8, 4) is 0 Å². The largest absolute Gasteiger partial charge is 0.478 e. The molecular weight excluding hydrogens is 213 g/mol. The molecule has 0 amide bonds. The van der Waals surface area contributed by atoms with Crippen molar-refractivity contribution in [2.24, 2.45) is 0 Å². The maximum absolute atomic E-state index is 10.6. The molecule has 1 N–H and O–H groups in total. The highest BCUT2D eigenvalue weighted by atomic mass is 35.5. The summed E-state index contributed by atoms with van der Waals surface area (Å²) in [5.41, 5.74) is 1.53. The first kappa shape index (κ1) is 12.2. The highest BCUT2D eigenvalue weighted by molar-refractivity contribution is 6.17. The maximum atomic E-state index is 10.6. The molecule has 0 spiro atoms. The molecule has 0 aliphatic carbocycles. The van der Waals surface area contributed by atoms with Crippen molar-refractivity contribution in [1.29, 1.82) is 0 Å². The lowest BCUT2D eigenvalue weighted by Crippen LogP contribution is -2.03. The molecule has 0 saturated heterocycles. The number of hydrogen-bond acceptors (Lipinski definition) is 2. The number of alkyl halides is 1. The van der Waals surface area contributed by atoms with Crippen LogP contribution in [0.5, 0.6) is 0 Å². The van der Waals surface area contributed by atoms with Crippen molar-refractivity contribution in [2.75, 3.05) is 0 Å². The molecule has 1 aromatic heterocycles. The fourth-order valence-corrected chi connectivity index (χ4v) is 1.21. The molecule has 0 aromatic carbocycles. The van der Waals surface area contributed by atoms with Crippen LogP contribution >= 0.6 is 24.0 Å². The van der Waals surface area contributed by atoms with Crippen molar-refractivity contribution in [3.63, 3.8) is 0 Å². The van der Waals surface area contributed by atoms with Crippen LogP contribution in [0.2, 0.25) is 0 Å². The first-order valence-electron chi connectivity index (χ1n) is 3.40. The normalized spacial score (nSPS) is 9.08. The number of carboxylic acid groups (broad SMARTS) is 1. The zero-order valence-electron chi connectivity index (χ0n) is 6.95. The number of aromatic carboxylic acids is 1. The molecule has 0 fully saturated rings. The minimum atomic E-state index is -0.943. The van der Waals surface area contributed by atoms with Gasteiger partial charge in [0.1, 0.15) is 0 Å². The van der Waals surface area contributed by atoms with Crippen LogP contribution in [0, 0.1) is 6.92 Å². The number of hydrogen-bond donors (Lipinski definition) is 1. The highest BCUT2D eigenvalue weighted by Crippen LogP contribution is 2.12. The average Bonchev–Trinajstić information content (AvgIpc) is 2.04. The van der Waals surface area contributed by atoms with E-state index < -0.39 is 5.97 Å². The number of aromatic nitrogens is 1. The van der Waals surface area contributed by atoms with Crippen LogP contribution < -0.4 is 0 Å². The lowest BCUT2D eigenvalue weighted by molar-refractivity contribution is 0.0696. The summed E-state index contributed by atoms with van der Waals surface area (Å²) in [6.45, 7) is 1.70. The molecule has 0 aliphatic rings. The molecule has 0 saturated carbocycles. The van der Waals surface area contributed by atoms with Crippen molar-refractivity contribution in [2.45, 2.75) is 12.8 Å². The Hall–Kier alpha value is -0.800. The fraction of sp³-hybridized carbons (Fsp3) is 0.250. The van der Waals surface area contributed by atoms with Crippen LogP contribution in [0.15, 0.2) is 12.3 Å². The second-order valence-corrected chi connectivity index (χ2v) is 2.64. The first-order chi connectivity index (χ1) is 5.66. The molecule has 0 aliphatic heterocycles. The van der Waals surface area contributed by atoms with Gasteiger partial charge in [-0.2, -0.15) is 0 Å². The highest BCUT2D eigenvalue weighted by Gasteiger charge is 2.09. The topological polar surface area (TPSA) is 50.2 Å². The van der Waals surface area contributed by atoms with Gasteiger partial charge in [0, 0.05) is 6.20 Å². The van der Waals surface area contributed by atoms with Crippen LogP contribution in [0.4, 0.5) is 0 Å². The van der Waals surface area contributed by atoms with Crippen LogP contribution in [0.1, 0.15) is 21.6 Å². The van der Waals surface area contributed by atoms with Crippen molar-refractivity contribution >= 4 is 30.0 Å². The van der Waals surface area contributed by atoms with E-state index in [0.717, 1.165) is 0 Å². The van der Waals surface area contributed by atoms with Crippen LogP contribution in [0.25, 0.3) is 0 Å². The number of halogens is 2. The first-order valence-corrected chi connectivity index (χ1v) is 3.94. The van der Waals surface area contributed by atoms with Gasteiger partial charge in [0.05, 0.1) is 17.1 Å². The zero-order chi connectivity index (χ0) is 9.14. The van der Waals surface area contributed by atoms with E-state index in [4.69, 9.17) is 16.7 Å². The number of pyridine rings is 1. The summed E-state index contributed by atoms with van der Waals surface area (Å²) in [6.07, 6.45) is 1.45. The van der Waals surface area contributed by atoms with Crippen molar-refractivity contribution < 1.29 is 9.90 Å². The third-order valence-corrected chi connectivity index (χ3v) is 1.92. The molecule has 0 unspecified atom stereocenters. The average molecular weight is 222 g/mol. The quantitative estimate of drug-likeness (QED) is 0.780. The van der Waals surface area contributed by atoms with Gasteiger partial charge in [-0.15, -0.1) is 24.0 Å². The van der Waals surface area contributed by atoms with E-state index in [1.54, 1.807) is 6.92 Å². The number of nitrogens with zero attached hydrogens (tertiary/aromatic N) is 1. The second kappa shape index (κ2) is 5.04. The molecule has 1 aromatic rings. The lowest BCUT2D eigenvalue weighted by Gasteiger charge is -2.03. The second-order valence-electron chi connectivity index (χ2n) is 2.37. The van der Waals surface area contributed by atoms with Crippen molar-refractivity contribution in [1.82, 2.24) is 4.98 Å². The summed E-state index contributed by atoms with van der Waals surface area (Å²) < 4.78 is 0. The maximum Gasteiger partial charge on any atom is 0.336 e. The Morgan fingerprint density at radius 1 is 1.69 bits per heavy atom. The molecule has 1 heterocycles. The van der Waals surface area contributed by atoms with Crippen LogP contribution in [0.3, 0.4) is 0 Å². The van der Waals surface area contributed by atoms with Gasteiger partial charge in [-0.05, 0) is 18.6 Å². The lowest BCUT2D eigenvalue weighted by atomic mass is 10.1. The van der Waals surface area contributed by atoms with Gasteiger partial charge in [-0.3, -0.25) is 4.98 Å². The molecule has 1 rings (SSSR count). The van der Waals surface area contributed by atoms with Crippen LogP contribution in [-0.2, 0) is 5.88 Å². The number of rotatable bonds is 2. The van der Waals surface area contributed by atoms with E-state index in [1.807, 2.05) is 0 Å². The van der Waals surface area contributed by atoms with E-state index >= 15 is 0 Å². The molecule has 0 bridgehead atoms. The molecule has 5 heteroatoms. The molecule has 3 nitrogen and oxygen atoms in total. The zero-order valence-corrected chi connectivity index (χ0v) is 8.52. The number of carbonyl (C=O) groups is 1.